The van der Waals surface area contributed by atoms with Gasteiger partial charge in [-0.15, -0.1) is 11.6 Å². The lowest BCUT2D eigenvalue weighted by molar-refractivity contribution is -0.118. The average Bonchev–Trinajstić information content (AvgIpc) is 2.78. The number of alkyl halides is 1. The molecule has 2 heterocycles. The third-order valence-corrected chi connectivity index (χ3v) is 4.35. The van der Waals surface area contributed by atoms with Gasteiger partial charge in [0.2, 0.25) is 5.91 Å². The number of benzene rings is 1. The lowest BCUT2D eigenvalue weighted by atomic mass is 10.1. The molecule has 3 rings (SSSR count). The fourth-order valence-electron chi connectivity index (χ4n) is 3.20. The smallest absolute Gasteiger partial charge is 0.228 e. The molecule has 0 saturated carbocycles. The van der Waals surface area contributed by atoms with Gasteiger partial charge in [-0.3, -0.25) is 9.69 Å². The second-order valence-electron chi connectivity index (χ2n) is 5.34. The Morgan fingerprint density at radius 2 is 2.21 bits per heavy atom. The van der Waals surface area contributed by atoms with Crippen LogP contribution in [0.25, 0.3) is 0 Å². The molecular formula is C15H19ClN2O. The Morgan fingerprint density at radius 3 is 3.05 bits per heavy atom. The SMILES string of the molecule is O=C(CCCl)N1CC2CCCN2Cc2ccccc21. The van der Waals surface area contributed by atoms with Crippen molar-refractivity contribution in [3.63, 3.8) is 0 Å². The van der Waals surface area contributed by atoms with E-state index in [1.807, 2.05) is 11.0 Å². The van der Waals surface area contributed by atoms with Gasteiger partial charge in [0.1, 0.15) is 0 Å². The van der Waals surface area contributed by atoms with Gasteiger partial charge in [-0.1, -0.05) is 18.2 Å². The van der Waals surface area contributed by atoms with Crippen molar-refractivity contribution in [1.82, 2.24) is 4.90 Å². The number of para-hydroxylation sites is 1. The Bertz CT molecular complexity index is 477. The van der Waals surface area contributed by atoms with Crippen LogP contribution in [0.1, 0.15) is 24.8 Å². The van der Waals surface area contributed by atoms with Gasteiger partial charge in [-0.05, 0) is 31.0 Å². The number of carbonyl (C=O) groups is 1. The summed E-state index contributed by atoms with van der Waals surface area (Å²) in [7, 11) is 0. The van der Waals surface area contributed by atoms with Gasteiger partial charge >= 0.3 is 0 Å². The first-order valence-corrected chi connectivity index (χ1v) is 7.51. The molecule has 1 atom stereocenters. The van der Waals surface area contributed by atoms with Crippen molar-refractivity contribution in [2.24, 2.45) is 0 Å². The molecule has 3 nitrogen and oxygen atoms in total. The van der Waals surface area contributed by atoms with E-state index < -0.39 is 0 Å². The van der Waals surface area contributed by atoms with Crippen LogP contribution in [0.3, 0.4) is 0 Å². The molecule has 1 unspecified atom stereocenters. The van der Waals surface area contributed by atoms with Crippen molar-refractivity contribution >= 4 is 23.2 Å². The highest BCUT2D eigenvalue weighted by molar-refractivity contribution is 6.19. The van der Waals surface area contributed by atoms with E-state index in [4.69, 9.17) is 11.6 Å². The third-order valence-electron chi connectivity index (χ3n) is 4.16. The summed E-state index contributed by atoms with van der Waals surface area (Å²) in [6, 6.07) is 8.77. The molecule has 0 bridgehead atoms. The Morgan fingerprint density at radius 1 is 1.37 bits per heavy atom. The third kappa shape index (κ3) is 2.49. The molecule has 0 spiro atoms. The van der Waals surface area contributed by atoms with Gasteiger partial charge in [0.25, 0.3) is 0 Å². The molecule has 0 aromatic heterocycles. The molecule has 4 heteroatoms. The van der Waals surface area contributed by atoms with E-state index in [2.05, 4.69) is 23.1 Å². The van der Waals surface area contributed by atoms with E-state index in [0.29, 0.717) is 18.3 Å². The zero-order chi connectivity index (χ0) is 13.2. The number of hydrogen-bond acceptors (Lipinski definition) is 2. The molecule has 1 aromatic carbocycles. The molecule has 1 saturated heterocycles. The summed E-state index contributed by atoms with van der Waals surface area (Å²) < 4.78 is 0. The number of anilines is 1. The normalized spacial score (nSPS) is 22.8. The van der Waals surface area contributed by atoms with Crippen LogP contribution in [-0.4, -0.2) is 35.8 Å². The van der Waals surface area contributed by atoms with Crippen LogP contribution < -0.4 is 4.90 Å². The van der Waals surface area contributed by atoms with Crippen LogP contribution >= 0.6 is 11.6 Å². The van der Waals surface area contributed by atoms with Crippen LogP contribution in [0.2, 0.25) is 0 Å². The molecule has 0 radical (unpaired) electrons. The topological polar surface area (TPSA) is 23.6 Å². The molecule has 1 amide bonds. The van der Waals surface area contributed by atoms with E-state index in [9.17, 15) is 4.79 Å². The fourth-order valence-corrected chi connectivity index (χ4v) is 3.36. The van der Waals surface area contributed by atoms with Crippen molar-refractivity contribution in [2.75, 3.05) is 23.9 Å². The van der Waals surface area contributed by atoms with Crippen LogP contribution in [0.15, 0.2) is 24.3 Å². The summed E-state index contributed by atoms with van der Waals surface area (Å²) in [5.41, 5.74) is 2.34. The van der Waals surface area contributed by atoms with Crippen molar-refractivity contribution in [1.29, 1.82) is 0 Å². The molecular weight excluding hydrogens is 260 g/mol. The molecule has 0 aliphatic carbocycles. The quantitative estimate of drug-likeness (QED) is 0.777. The number of carbonyl (C=O) groups excluding carboxylic acids is 1. The summed E-state index contributed by atoms with van der Waals surface area (Å²) in [4.78, 5) is 16.8. The standard InChI is InChI=1S/C15H19ClN2O/c16-8-7-15(19)18-11-13-5-3-9-17(13)10-12-4-1-2-6-14(12)18/h1-2,4,6,13H,3,5,7-11H2. The first kappa shape index (κ1) is 12.9. The number of hydrogen-bond donors (Lipinski definition) is 0. The number of nitrogens with zero attached hydrogens (tertiary/aromatic N) is 2. The predicted molar refractivity (Wildman–Crippen MR) is 77.6 cm³/mol. The van der Waals surface area contributed by atoms with E-state index in [1.54, 1.807) is 0 Å². The second-order valence-corrected chi connectivity index (χ2v) is 5.72. The van der Waals surface area contributed by atoms with Gasteiger partial charge in [-0.25, -0.2) is 0 Å². The monoisotopic (exact) mass is 278 g/mol. The average molecular weight is 279 g/mol. The predicted octanol–water partition coefficient (Wildman–Crippen LogP) is 2.63. The van der Waals surface area contributed by atoms with Crippen LogP contribution in [0, 0.1) is 0 Å². The minimum atomic E-state index is 0.149. The van der Waals surface area contributed by atoms with Crippen molar-refractivity contribution in [3.05, 3.63) is 29.8 Å². The van der Waals surface area contributed by atoms with Gasteiger partial charge in [-0.2, -0.15) is 0 Å². The van der Waals surface area contributed by atoms with Crippen LogP contribution in [0.4, 0.5) is 5.69 Å². The van der Waals surface area contributed by atoms with E-state index in [1.165, 1.54) is 18.4 Å². The van der Waals surface area contributed by atoms with E-state index in [0.717, 1.165) is 25.3 Å². The summed E-state index contributed by atoms with van der Waals surface area (Å²) in [6.45, 7) is 2.93. The zero-order valence-corrected chi connectivity index (χ0v) is 11.8. The molecule has 1 aromatic rings. The van der Waals surface area contributed by atoms with Gasteiger partial charge in [0, 0.05) is 37.1 Å². The van der Waals surface area contributed by atoms with E-state index >= 15 is 0 Å². The van der Waals surface area contributed by atoms with Crippen molar-refractivity contribution < 1.29 is 4.79 Å². The van der Waals surface area contributed by atoms with Crippen LogP contribution in [0.5, 0.6) is 0 Å². The first-order chi connectivity index (χ1) is 9.29. The number of halogens is 1. The Kier molecular flexibility index (Phi) is 3.76. The second kappa shape index (κ2) is 5.51. The lowest BCUT2D eigenvalue weighted by Crippen LogP contribution is -2.40. The Labute approximate surface area is 119 Å². The number of rotatable bonds is 2. The van der Waals surface area contributed by atoms with E-state index in [-0.39, 0.29) is 5.91 Å². The zero-order valence-electron chi connectivity index (χ0n) is 11.0. The number of fused-ring (bicyclic) bond motifs is 2. The molecule has 102 valence electrons. The molecule has 19 heavy (non-hydrogen) atoms. The van der Waals surface area contributed by atoms with Crippen molar-refractivity contribution in [2.45, 2.75) is 31.8 Å². The van der Waals surface area contributed by atoms with Crippen molar-refractivity contribution in [3.8, 4) is 0 Å². The highest BCUT2D eigenvalue weighted by Gasteiger charge is 2.32. The van der Waals surface area contributed by atoms with Gasteiger partial charge < -0.3 is 4.90 Å². The minimum Gasteiger partial charge on any atom is -0.310 e. The Balaban J connectivity index is 1.95. The van der Waals surface area contributed by atoms with Crippen LogP contribution in [-0.2, 0) is 11.3 Å². The minimum absolute atomic E-state index is 0.149. The molecule has 2 aliphatic heterocycles. The molecule has 0 N–H and O–H groups in total. The first-order valence-electron chi connectivity index (χ1n) is 6.98. The lowest BCUT2D eigenvalue weighted by Gasteiger charge is -2.26. The summed E-state index contributed by atoms with van der Waals surface area (Å²) in [5.74, 6) is 0.544. The maximum atomic E-state index is 12.3. The maximum Gasteiger partial charge on any atom is 0.228 e. The summed E-state index contributed by atoms with van der Waals surface area (Å²) in [6.07, 6.45) is 2.85. The highest BCUT2D eigenvalue weighted by Crippen LogP contribution is 2.31. The Hall–Kier alpha value is -1.06. The molecule has 2 aliphatic rings. The summed E-state index contributed by atoms with van der Waals surface area (Å²) in [5, 5.41) is 0. The van der Waals surface area contributed by atoms with Gasteiger partial charge in [0.05, 0.1) is 0 Å². The number of amides is 1. The van der Waals surface area contributed by atoms with Gasteiger partial charge in [0.15, 0.2) is 0 Å². The largest absolute Gasteiger partial charge is 0.310 e. The summed E-state index contributed by atoms with van der Waals surface area (Å²) >= 11 is 5.74. The maximum absolute atomic E-state index is 12.3. The highest BCUT2D eigenvalue weighted by atomic mass is 35.5. The molecule has 1 fully saturated rings. The fraction of sp³-hybridized carbons (Fsp3) is 0.533.